The lowest BCUT2D eigenvalue weighted by atomic mass is 9.93. The van der Waals surface area contributed by atoms with Gasteiger partial charge in [-0.2, -0.15) is 13.2 Å². The largest absolute Gasteiger partial charge is 0.416 e. The molecule has 1 unspecified atom stereocenters. The smallest absolute Gasteiger partial charge is 0.341 e. The number of hydrogen-bond acceptors (Lipinski definition) is 4. The van der Waals surface area contributed by atoms with Gasteiger partial charge in [0.1, 0.15) is 5.82 Å². The predicted molar refractivity (Wildman–Crippen MR) is 148 cm³/mol. The monoisotopic (exact) mass is 574 g/mol. The Hall–Kier alpha value is -2.98. The van der Waals surface area contributed by atoms with Gasteiger partial charge in [-0.15, -0.1) is 0 Å². The quantitative estimate of drug-likeness (QED) is 0.426. The van der Waals surface area contributed by atoms with E-state index in [4.69, 9.17) is 0 Å². The summed E-state index contributed by atoms with van der Waals surface area (Å²) in [6, 6.07) is 10.4. The lowest BCUT2D eigenvalue weighted by Gasteiger charge is -2.51. The molecule has 2 atom stereocenters. The van der Waals surface area contributed by atoms with Crippen LogP contribution in [0.25, 0.3) is 0 Å². The Morgan fingerprint density at radius 3 is 2.49 bits per heavy atom. The van der Waals surface area contributed by atoms with Crippen LogP contribution in [0.4, 0.5) is 17.6 Å². The van der Waals surface area contributed by atoms with Crippen molar-refractivity contribution in [3.8, 4) is 0 Å². The van der Waals surface area contributed by atoms with Crippen LogP contribution in [0, 0.1) is 12.7 Å². The number of halogens is 4. The summed E-state index contributed by atoms with van der Waals surface area (Å²) in [4.78, 5) is 33.8. The summed E-state index contributed by atoms with van der Waals surface area (Å²) in [6.45, 7) is 7.16. The zero-order valence-electron chi connectivity index (χ0n) is 23.7. The highest BCUT2D eigenvalue weighted by atomic mass is 19.4. The van der Waals surface area contributed by atoms with E-state index in [1.54, 1.807) is 26.1 Å². The third kappa shape index (κ3) is 6.92. The minimum atomic E-state index is -4.53. The molecule has 3 fully saturated rings. The van der Waals surface area contributed by atoms with E-state index >= 15 is 0 Å². The molecule has 0 N–H and O–H groups in total. The van der Waals surface area contributed by atoms with Crippen LogP contribution >= 0.6 is 0 Å². The van der Waals surface area contributed by atoms with Crippen LogP contribution in [0.1, 0.15) is 58.6 Å². The first-order valence-corrected chi connectivity index (χ1v) is 14.4. The number of carbonyl (C=O) groups excluding carboxylic acids is 2. The molecule has 3 aliphatic rings. The number of hydrogen-bond donors (Lipinski definition) is 0. The van der Waals surface area contributed by atoms with Gasteiger partial charge in [-0.25, -0.2) is 4.39 Å². The number of benzene rings is 2. The van der Waals surface area contributed by atoms with Crippen molar-refractivity contribution in [2.75, 3.05) is 52.9 Å². The van der Waals surface area contributed by atoms with Crippen LogP contribution < -0.4 is 0 Å². The number of alkyl halides is 3. The number of fused-ring (bicyclic) bond motifs is 1. The van der Waals surface area contributed by atoms with E-state index in [0.29, 0.717) is 30.6 Å². The molecule has 6 nitrogen and oxygen atoms in total. The number of nitrogens with zero attached hydrogens (tertiary/aromatic N) is 4. The Labute approximate surface area is 238 Å². The summed E-state index contributed by atoms with van der Waals surface area (Å²) in [6.07, 6.45) is -1.09. The molecule has 3 saturated heterocycles. The molecule has 222 valence electrons. The van der Waals surface area contributed by atoms with Crippen molar-refractivity contribution in [3.05, 3.63) is 70.5 Å². The normalized spacial score (nSPS) is 21.4. The number of piperidine rings is 1. The first-order chi connectivity index (χ1) is 19.5. The first-order valence-electron chi connectivity index (χ1n) is 14.4. The molecule has 0 radical (unpaired) electrons. The summed E-state index contributed by atoms with van der Waals surface area (Å²) in [5, 5.41) is 0. The van der Waals surface area contributed by atoms with Crippen molar-refractivity contribution in [1.82, 2.24) is 19.6 Å². The highest BCUT2D eigenvalue weighted by Crippen LogP contribution is 2.32. The Bertz CT molecular complexity index is 1250. The van der Waals surface area contributed by atoms with Crippen LogP contribution in [0.15, 0.2) is 42.5 Å². The van der Waals surface area contributed by atoms with Gasteiger partial charge in [0.15, 0.2) is 0 Å². The average molecular weight is 575 g/mol. The molecule has 0 aliphatic carbocycles. The molecule has 0 bridgehead atoms. The van der Waals surface area contributed by atoms with Crippen LogP contribution in [-0.4, -0.2) is 96.4 Å². The van der Waals surface area contributed by atoms with Crippen molar-refractivity contribution < 1.29 is 27.2 Å². The number of likely N-dealkylation sites (tertiary alicyclic amines) is 1. The number of likely N-dealkylation sites (N-methyl/N-ethyl adjacent to an activating group) is 1. The predicted octanol–water partition coefficient (Wildman–Crippen LogP) is 4.78. The maximum Gasteiger partial charge on any atom is 0.416 e. The van der Waals surface area contributed by atoms with Gasteiger partial charge in [0, 0.05) is 76.3 Å². The molecular weight excluding hydrogens is 536 g/mol. The molecular formula is C31H38F4N4O2. The van der Waals surface area contributed by atoms with Gasteiger partial charge >= 0.3 is 6.18 Å². The first kappa shape index (κ1) is 29.5. The molecule has 10 heteroatoms. The van der Waals surface area contributed by atoms with Gasteiger partial charge in [0.05, 0.1) is 5.56 Å². The third-order valence-corrected chi connectivity index (χ3v) is 8.84. The second-order valence-electron chi connectivity index (χ2n) is 11.8. The molecule has 2 aromatic carbocycles. The Morgan fingerprint density at radius 2 is 1.78 bits per heavy atom. The standard InChI is InChI=1S/C31H38F4N4O2/c1-21-14-24(16-25(15-21)31(33,34)35)30(41)36(2)17-23(22-6-8-26(32)9-7-22)10-11-37-18-28(19-37)38-12-13-39-27(20-38)4-3-5-29(39)40/h6-9,14-16,23,27-28H,3-5,10-13,17-20H2,1-2H3/t23-,27?/m1/s1. The second kappa shape index (κ2) is 12.1. The van der Waals surface area contributed by atoms with E-state index in [1.807, 2.05) is 0 Å². The highest BCUT2D eigenvalue weighted by Gasteiger charge is 2.39. The topological polar surface area (TPSA) is 47.1 Å². The minimum Gasteiger partial charge on any atom is -0.341 e. The summed E-state index contributed by atoms with van der Waals surface area (Å²) in [5.41, 5.74) is 0.424. The van der Waals surface area contributed by atoms with E-state index in [-0.39, 0.29) is 23.2 Å². The third-order valence-electron chi connectivity index (χ3n) is 8.84. The Morgan fingerprint density at radius 1 is 1.05 bits per heavy atom. The van der Waals surface area contributed by atoms with E-state index in [1.165, 1.54) is 23.1 Å². The van der Waals surface area contributed by atoms with Crippen molar-refractivity contribution >= 4 is 11.8 Å². The second-order valence-corrected chi connectivity index (χ2v) is 11.8. The molecule has 0 saturated carbocycles. The lowest BCUT2D eigenvalue weighted by Crippen LogP contribution is -2.66. The number of carbonyl (C=O) groups is 2. The lowest BCUT2D eigenvalue weighted by molar-refractivity contribution is -0.141. The SMILES string of the molecule is Cc1cc(C(=O)N(C)C[C@@H](CCN2CC(N3CCN4C(=O)CCCC4C3)C2)c2ccc(F)cc2)cc(C(F)(F)F)c1. The van der Waals surface area contributed by atoms with Gasteiger partial charge in [-0.05, 0) is 74.2 Å². The molecule has 5 rings (SSSR count). The molecule has 41 heavy (non-hydrogen) atoms. The fraction of sp³-hybridized carbons (Fsp3) is 0.548. The van der Waals surface area contributed by atoms with Gasteiger partial charge in [0.25, 0.3) is 5.91 Å². The van der Waals surface area contributed by atoms with Gasteiger partial charge in [-0.3, -0.25) is 14.5 Å². The zero-order chi connectivity index (χ0) is 29.3. The molecule has 3 heterocycles. The Balaban J connectivity index is 1.19. The molecule has 3 aliphatic heterocycles. The molecule has 0 spiro atoms. The number of amides is 2. The maximum atomic E-state index is 13.7. The summed E-state index contributed by atoms with van der Waals surface area (Å²) < 4.78 is 53.7. The van der Waals surface area contributed by atoms with Gasteiger partial charge in [-0.1, -0.05) is 12.1 Å². The maximum absolute atomic E-state index is 13.7. The number of piperazine rings is 1. The van der Waals surface area contributed by atoms with Crippen molar-refractivity contribution in [2.24, 2.45) is 0 Å². The highest BCUT2D eigenvalue weighted by molar-refractivity contribution is 5.94. The number of rotatable bonds is 8. The summed E-state index contributed by atoms with van der Waals surface area (Å²) >= 11 is 0. The fourth-order valence-corrected chi connectivity index (χ4v) is 6.52. The van der Waals surface area contributed by atoms with E-state index < -0.39 is 17.6 Å². The zero-order valence-corrected chi connectivity index (χ0v) is 23.7. The van der Waals surface area contributed by atoms with Gasteiger partial charge in [0.2, 0.25) is 5.91 Å². The van der Waals surface area contributed by atoms with Crippen LogP contribution in [0.3, 0.4) is 0 Å². The summed E-state index contributed by atoms with van der Waals surface area (Å²) in [7, 11) is 1.60. The molecule has 2 amide bonds. The van der Waals surface area contributed by atoms with Crippen molar-refractivity contribution in [2.45, 2.75) is 56.8 Å². The van der Waals surface area contributed by atoms with Gasteiger partial charge < -0.3 is 14.7 Å². The minimum absolute atomic E-state index is 0.00280. The van der Waals surface area contributed by atoms with Crippen LogP contribution in [0.5, 0.6) is 0 Å². The number of aryl methyl sites for hydroxylation is 1. The van der Waals surface area contributed by atoms with E-state index in [0.717, 1.165) is 76.2 Å². The van der Waals surface area contributed by atoms with Crippen LogP contribution in [0.2, 0.25) is 0 Å². The fourth-order valence-electron chi connectivity index (χ4n) is 6.52. The van der Waals surface area contributed by atoms with Crippen molar-refractivity contribution in [3.63, 3.8) is 0 Å². The molecule has 0 aromatic heterocycles. The van der Waals surface area contributed by atoms with Crippen LogP contribution in [-0.2, 0) is 11.0 Å². The van der Waals surface area contributed by atoms with Crippen molar-refractivity contribution in [1.29, 1.82) is 0 Å². The van der Waals surface area contributed by atoms with E-state index in [2.05, 4.69) is 14.7 Å². The average Bonchev–Trinajstić information content (AvgIpc) is 2.90. The molecule has 2 aromatic rings. The Kier molecular flexibility index (Phi) is 8.70. The van der Waals surface area contributed by atoms with E-state index in [9.17, 15) is 27.2 Å². The summed E-state index contributed by atoms with van der Waals surface area (Å²) in [5.74, 6) is -0.640.